The van der Waals surface area contributed by atoms with Crippen molar-refractivity contribution in [3.8, 4) is 0 Å². The molecule has 0 aliphatic carbocycles. The highest BCUT2D eigenvalue weighted by Crippen LogP contribution is 2.20. The van der Waals surface area contributed by atoms with E-state index in [1.807, 2.05) is 26.8 Å². The Labute approximate surface area is 147 Å². The van der Waals surface area contributed by atoms with Crippen LogP contribution in [0.15, 0.2) is 30.3 Å². The number of likely N-dealkylation sites (tertiary alicyclic amines) is 1. The van der Waals surface area contributed by atoms with Gasteiger partial charge < -0.3 is 21.3 Å². The first-order chi connectivity index (χ1) is 11.7. The summed E-state index contributed by atoms with van der Waals surface area (Å²) in [6.45, 7) is 5.74. The van der Waals surface area contributed by atoms with Gasteiger partial charge >= 0.3 is 0 Å². The Hall–Kier alpha value is -2.41. The van der Waals surface area contributed by atoms with Gasteiger partial charge in [0, 0.05) is 23.7 Å². The van der Waals surface area contributed by atoms with Gasteiger partial charge in [-0.25, -0.2) is 0 Å². The summed E-state index contributed by atoms with van der Waals surface area (Å²) in [6, 6.07) is 7.92. The first-order valence-corrected chi connectivity index (χ1v) is 8.38. The summed E-state index contributed by atoms with van der Waals surface area (Å²) in [5.74, 6) is -0.751. The van der Waals surface area contributed by atoms with Gasteiger partial charge in [-0.05, 0) is 39.3 Å². The Morgan fingerprint density at radius 3 is 2.40 bits per heavy atom. The van der Waals surface area contributed by atoms with Crippen molar-refractivity contribution in [3.63, 3.8) is 0 Å². The smallest absolute Gasteiger partial charge is 0.251 e. The lowest BCUT2D eigenvalue weighted by molar-refractivity contribution is -0.138. The summed E-state index contributed by atoms with van der Waals surface area (Å²) < 4.78 is 0. The number of rotatable bonds is 4. The lowest BCUT2D eigenvalue weighted by Gasteiger charge is -2.27. The van der Waals surface area contributed by atoms with Crippen LogP contribution < -0.4 is 16.4 Å². The number of nitrogens with one attached hydrogen (secondary N) is 2. The quantitative estimate of drug-likeness (QED) is 0.727. The standard InChI is InChI=1S/C18H26N4O3/c1-18(2,3)21-17(25)14-9-13(11-22(14)15(23)10-19)20-16(24)12-7-5-4-6-8-12/h4-8,13-14H,9-11,19H2,1-3H3,(H,20,24)(H,21,25). The van der Waals surface area contributed by atoms with Gasteiger partial charge in [0.15, 0.2) is 0 Å². The second-order valence-electron chi connectivity index (χ2n) is 7.28. The largest absolute Gasteiger partial charge is 0.350 e. The number of hydrogen-bond donors (Lipinski definition) is 3. The zero-order chi connectivity index (χ0) is 18.6. The molecule has 1 aliphatic rings. The average molecular weight is 346 g/mol. The summed E-state index contributed by atoms with van der Waals surface area (Å²) in [4.78, 5) is 38.4. The molecule has 2 rings (SSSR count). The molecule has 136 valence electrons. The molecule has 1 aliphatic heterocycles. The van der Waals surface area contributed by atoms with Crippen LogP contribution in [0.25, 0.3) is 0 Å². The second kappa shape index (κ2) is 7.65. The number of carbonyl (C=O) groups is 3. The van der Waals surface area contributed by atoms with E-state index in [4.69, 9.17) is 5.73 Å². The van der Waals surface area contributed by atoms with Crippen LogP contribution in [0.3, 0.4) is 0 Å². The Morgan fingerprint density at radius 2 is 1.84 bits per heavy atom. The molecule has 3 amide bonds. The fourth-order valence-corrected chi connectivity index (χ4v) is 2.89. The first kappa shape index (κ1) is 18.9. The highest BCUT2D eigenvalue weighted by Gasteiger charge is 2.40. The van der Waals surface area contributed by atoms with E-state index < -0.39 is 11.6 Å². The highest BCUT2D eigenvalue weighted by atomic mass is 16.2. The predicted molar refractivity (Wildman–Crippen MR) is 94.8 cm³/mol. The maximum absolute atomic E-state index is 12.5. The van der Waals surface area contributed by atoms with Crippen LogP contribution in [-0.4, -0.2) is 53.3 Å². The highest BCUT2D eigenvalue weighted by molar-refractivity contribution is 5.95. The van der Waals surface area contributed by atoms with Gasteiger partial charge in [-0.1, -0.05) is 18.2 Å². The van der Waals surface area contributed by atoms with E-state index in [1.54, 1.807) is 24.3 Å². The summed E-state index contributed by atoms with van der Waals surface area (Å²) in [6.07, 6.45) is 0.367. The van der Waals surface area contributed by atoms with Crippen molar-refractivity contribution in [1.82, 2.24) is 15.5 Å². The van der Waals surface area contributed by atoms with Gasteiger partial charge in [0.1, 0.15) is 6.04 Å². The maximum Gasteiger partial charge on any atom is 0.251 e. The van der Waals surface area contributed by atoms with Crippen molar-refractivity contribution in [2.45, 2.75) is 44.8 Å². The number of nitrogens with zero attached hydrogens (tertiary/aromatic N) is 1. The molecule has 0 bridgehead atoms. The molecule has 2 atom stereocenters. The van der Waals surface area contributed by atoms with Crippen LogP contribution >= 0.6 is 0 Å². The molecule has 7 heteroatoms. The lowest BCUT2D eigenvalue weighted by atomic mass is 10.1. The molecule has 7 nitrogen and oxygen atoms in total. The number of carbonyl (C=O) groups excluding carboxylic acids is 3. The van der Waals surface area contributed by atoms with E-state index in [1.165, 1.54) is 4.90 Å². The van der Waals surface area contributed by atoms with E-state index in [0.29, 0.717) is 12.0 Å². The number of benzene rings is 1. The Balaban J connectivity index is 2.08. The van der Waals surface area contributed by atoms with Gasteiger partial charge in [-0.15, -0.1) is 0 Å². The zero-order valence-corrected chi connectivity index (χ0v) is 14.9. The van der Waals surface area contributed by atoms with Crippen LogP contribution in [0.5, 0.6) is 0 Å². The van der Waals surface area contributed by atoms with Crippen LogP contribution in [0.2, 0.25) is 0 Å². The van der Waals surface area contributed by atoms with Crippen LogP contribution in [0.4, 0.5) is 0 Å². The van der Waals surface area contributed by atoms with E-state index in [-0.39, 0.29) is 36.9 Å². The molecule has 1 aromatic carbocycles. The van der Waals surface area contributed by atoms with Gasteiger partial charge in [0.2, 0.25) is 11.8 Å². The summed E-state index contributed by atoms with van der Waals surface area (Å²) in [5, 5.41) is 5.79. The molecule has 25 heavy (non-hydrogen) atoms. The molecular formula is C18H26N4O3. The minimum absolute atomic E-state index is 0.168. The van der Waals surface area contributed by atoms with Crippen molar-refractivity contribution in [1.29, 1.82) is 0 Å². The third-order valence-electron chi connectivity index (χ3n) is 3.97. The third kappa shape index (κ3) is 5.03. The maximum atomic E-state index is 12.5. The van der Waals surface area contributed by atoms with Gasteiger partial charge in [0.05, 0.1) is 6.54 Å². The average Bonchev–Trinajstić information content (AvgIpc) is 2.97. The second-order valence-corrected chi connectivity index (χ2v) is 7.28. The van der Waals surface area contributed by atoms with Crippen molar-refractivity contribution >= 4 is 17.7 Å². The molecule has 1 aromatic rings. The molecular weight excluding hydrogens is 320 g/mol. The molecule has 1 saturated heterocycles. The third-order valence-corrected chi connectivity index (χ3v) is 3.97. The first-order valence-electron chi connectivity index (χ1n) is 8.38. The fourth-order valence-electron chi connectivity index (χ4n) is 2.89. The van der Waals surface area contributed by atoms with Crippen molar-refractivity contribution in [2.24, 2.45) is 5.73 Å². The normalized spacial score (nSPS) is 20.2. The van der Waals surface area contributed by atoms with Gasteiger partial charge in [-0.3, -0.25) is 14.4 Å². The van der Waals surface area contributed by atoms with E-state index in [0.717, 1.165) is 0 Å². The molecule has 1 fully saturated rings. The molecule has 2 unspecified atom stereocenters. The SMILES string of the molecule is CC(C)(C)NC(=O)C1CC(NC(=O)c2ccccc2)CN1C(=O)CN. The molecule has 0 spiro atoms. The minimum Gasteiger partial charge on any atom is -0.350 e. The van der Waals surface area contributed by atoms with Crippen molar-refractivity contribution < 1.29 is 14.4 Å². The molecule has 0 aromatic heterocycles. The fraction of sp³-hybridized carbons (Fsp3) is 0.500. The molecule has 0 radical (unpaired) electrons. The number of nitrogens with two attached hydrogens (primary N) is 1. The predicted octanol–water partition coefficient (Wildman–Crippen LogP) is 0.259. The Bertz CT molecular complexity index is 639. The molecule has 0 saturated carbocycles. The van der Waals surface area contributed by atoms with Crippen molar-refractivity contribution in [3.05, 3.63) is 35.9 Å². The molecule has 1 heterocycles. The number of amides is 3. The summed E-state index contributed by atoms with van der Waals surface area (Å²) >= 11 is 0. The summed E-state index contributed by atoms with van der Waals surface area (Å²) in [7, 11) is 0. The topological polar surface area (TPSA) is 105 Å². The monoisotopic (exact) mass is 346 g/mol. The Morgan fingerprint density at radius 1 is 1.20 bits per heavy atom. The van der Waals surface area contributed by atoms with Crippen LogP contribution in [-0.2, 0) is 9.59 Å². The lowest BCUT2D eigenvalue weighted by Crippen LogP contribution is -2.52. The number of hydrogen-bond acceptors (Lipinski definition) is 4. The zero-order valence-electron chi connectivity index (χ0n) is 14.9. The molecule has 4 N–H and O–H groups in total. The Kier molecular flexibility index (Phi) is 5.79. The van der Waals surface area contributed by atoms with E-state index >= 15 is 0 Å². The van der Waals surface area contributed by atoms with Crippen LogP contribution in [0.1, 0.15) is 37.6 Å². The van der Waals surface area contributed by atoms with E-state index in [9.17, 15) is 14.4 Å². The van der Waals surface area contributed by atoms with E-state index in [2.05, 4.69) is 10.6 Å². The summed E-state index contributed by atoms with van der Waals surface area (Å²) in [5.41, 5.74) is 5.61. The van der Waals surface area contributed by atoms with Crippen molar-refractivity contribution in [2.75, 3.05) is 13.1 Å². The van der Waals surface area contributed by atoms with Gasteiger partial charge in [-0.2, -0.15) is 0 Å². The minimum atomic E-state index is -0.628. The van der Waals surface area contributed by atoms with Gasteiger partial charge in [0.25, 0.3) is 5.91 Å². The van der Waals surface area contributed by atoms with Crippen LogP contribution in [0, 0.1) is 0 Å².